The Kier molecular flexibility index (Phi) is 6.73. The lowest BCUT2D eigenvalue weighted by molar-refractivity contribution is 0.0942. The number of hydrogen-bond donors (Lipinski definition) is 2. The van der Waals surface area contributed by atoms with Crippen molar-refractivity contribution in [3.8, 4) is 5.75 Å². The van der Waals surface area contributed by atoms with E-state index in [1.54, 1.807) is 0 Å². The highest BCUT2D eigenvalue weighted by Gasteiger charge is 2.28. The second kappa shape index (κ2) is 8.89. The van der Waals surface area contributed by atoms with Crippen molar-refractivity contribution < 1.29 is 18.6 Å². The van der Waals surface area contributed by atoms with Crippen molar-refractivity contribution in [1.29, 1.82) is 0 Å². The zero-order valence-corrected chi connectivity index (χ0v) is 17.7. The first-order valence-electron chi connectivity index (χ1n) is 9.51. The van der Waals surface area contributed by atoms with Gasteiger partial charge in [-0.25, -0.2) is 4.39 Å². The third-order valence-electron chi connectivity index (χ3n) is 5.18. The monoisotopic (exact) mass is 453 g/mol. The molecule has 0 bridgehead atoms. The highest BCUT2D eigenvalue weighted by Crippen LogP contribution is 2.32. The van der Waals surface area contributed by atoms with Gasteiger partial charge in [0.05, 0.1) is 4.47 Å². The molecule has 3 nitrogen and oxygen atoms in total. The van der Waals surface area contributed by atoms with Gasteiger partial charge < -0.3 is 15.2 Å². The first-order chi connectivity index (χ1) is 13.2. The standard InChI is InChI=1S/C22H26BrF2NO2/c1-22(2,11-14-9-15-5-3-4-6-16(15)10-14)26-12-17(27)13-28-19-8-7-18(23)20(24)21(19)25/h3-8,14,17,26-27H,9-13H2,1-2H3. The van der Waals surface area contributed by atoms with E-state index >= 15 is 0 Å². The summed E-state index contributed by atoms with van der Waals surface area (Å²) in [4.78, 5) is 0. The lowest BCUT2D eigenvalue weighted by Gasteiger charge is -2.30. The number of aliphatic hydroxyl groups excluding tert-OH is 1. The number of benzene rings is 2. The number of halogens is 3. The predicted molar refractivity (Wildman–Crippen MR) is 110 cm³/mol. The number of nitrogens with one attached hydrogen (secondary N) is 1. The number of rotatable bonds is 8. The maximum atomic E-state index is 13.8. The highest BCUT2D eigenvalue weighted by molar-refractivity contribution is 9.10. The summed E-state index contributed by atoms with van der Waals surface area (Å²) in [5.74, 6) is -1.68. The van der Waals surface area contributed by atoms with Gasteiger partial charge in [0.15, 0.2) is 11.6 Å². The second-order valence-electron chi connectivity index (χ2n) is 8.15. The molecule has 0 fully saturated rings. The first-order valence-corrected chi connectivity index (χ1v) is 10.3. The summed E-state index contributed by atoms with van der Waals surface area (Å²) >= 11 is 2.92. The maximum absolute atomic E-state index is 13.8. The van der Waals surface area contributed by atoms with Crippen LogP contribution in [0.3, 0.4) is 0 Å². The molecular weight excluding hydrogens is 428 g/mol. The Balaban J connectivity index is 1.45. The molecule has 0 saturated carbocycles. The summed E-state index contributed by atoms with van der Waals surface area (Å²) in [6, 6.07) is 11.3. The van der Waals surface area contributed by atoms with Gasteiger partial charge in [0.2, 0.25) is 5.82 Å². The van der Waals surface area contributed by atoms with Crippen molar-refractivity contribution in [2.24, 2.45) is 5.92 Å². The normalized spacial score (nSPS) is 15.5. The molecule has 1 unspecified atom stereocenters. The van der Waals surface area contributed by atoms with E-state index in [0.717, 1.165) is 19.3 Å². The van der Waals surface area contributed by atoms with Crippen molar-refractivity contribution >= 4 is 15.9 Å². The summed E-state index contributed by atoms with van der Waals surface area (Å²) in [5, 5.41) is 13.6. The third-order valence-corrected chi connectivity index (χ3v) is 5.79. The van der Waals surface area contributed by atoms with Gasteiger partial charge in [-0.3, -0.25) is 0 Å². The largest absolute Gasteiger partial charge is 0.488 e. The molecule has 1 atom stereocenters. The lowest BCUT2D eigenvalue weighted by Crippen LogP contribution is -2.46. The molecule has 0 saturated heterocycles. The summed E-state index contributed by atoms with van der Waals surface area (Å²) in [6.45, 7) is 4.43. The van der Waals surface area contributed by atoms with Crippen LogP contribution >= 0.6 is 15.9 Å². The van der Waals surface area contributed by atoms with Gasteiger partial charge in [0.1, 0.15) is 12.7 Å². The molecule has 0 aliphatic heterocycles. The molecule has 0 spiro atoms. The van der Waals surface area contributed by atoms with Gasteiger partial charge in [-0.2, -0.15) is 4.39 Å². The molecule has 2 aromatic rings. The fourth-order valence-corrected chi connectivity index (χ4v) is 4.15. The molecule has 152 valence electrons. The van der Waals surface area contributed by atoms with Crippen LogP contribution in [0.1, 0.15) is 31.4 Å². The average Bonchev–Trinajstić information content (AvgIpc) is 3.05. The minimum Gasteiger partial charge on any atom is -0.488 e. The topological polar surface area (TPSA) is 41.5 Å². The lowest BCUT2D eigenvalue weighted by atomic mass is 9.88. The van der Waals surface area contributed by atoms with Crippen LogP contribution in [0.2, 0.25) is 0 Å². The van der Waals surface area contributed by atoms with E-state index in [4.69, 9.17) is 4.74 Å². The van der Waals surface area contributed by atoms with Gasteiger partial charge in [-0.1, -0.05) is 24.3 Å². The van der Waals surface area contributed by atoms with Gasteiger partial charge in [-0.15, -0.1) is 0 Å². The van der Waals surface area contributed by atoms with Crippen LogP contribution in [0.15, 0.2) is 40.9 Å². The molecule has 2 N–H and O–H groups in total. The van der Waals surface area contributed by atoms with Gasteiger partial charge in [0, 0.05) is 12.1 Å². The van der Waals surface area contributed by atoms with Crippen LogP contribution in [0.5, 0.6) is 5.75 Å². The summed E-state index contributed by atoms with van der Waals surface area (Å²) < 4.78 is 32.6. The number of aliphatic hydroxyl groups is 1. The Morgan fingerprint density at radius 2 is 1.79 bits per heavy atom. The van der Waals surface area contributed by atoms with Crippen LogP contribution in [-0.2, 0) is 12.8 Å². The average molecular weight is 454 g/mol. The van der Waals surface area contributed by atoms with Crippen molar-refractivity contribution in [3.05, 3.63) is 63.6 Å². The highest BCUT2D eigenvalue weighted by atomic mass is 79.9. The van der Waals surface area contributed by atoms with Gasteiger partial charge >= 0.3 is 0 Å². The molecule has 0 aromatic heterocycles. The minimum atomic E-state index is -1.06. The quantitative estimate of drug-likeness (QED) is 0.572. The van der Waals surface area contributed by atoms with Gasteiger partial charge in [-0.05, 0) is 78.2 Å². The van der Waals surface area contributed by atoms with E-state index < -0.39 is 17.7 Å². The molecule has 0 heterocycles. The van der Waals surface area contributed by atoms with Crippen LogP contribution in [0, 0.1) is 17.6 Å². The smallest absolute Gasteiger partial charge is 0.201 e. The van der Waals surface area contributed by atoms with Crippen LogP contribution in [0.25, 0.3) is 0 Å². The Morgan fingerprint density at radius 3 is 2.43 bits per heavy atom. The number of β-amino-alcohol motifs (C(OH)–C–C–N with tert-alkyl or cyclic N) is 1. The van der Waals surface area contributed by atoms with E-state index in [0.29, 0.717) is 12.5 Å². The first kappa shape index (κ1) is 21.2. The molecule has 0 amide bonds. The fourth-order valence-electron chi connectivity index (χ4n) is 3.85. The molecule has 6 heteroatoms. The molecule has 1 aliphatic rings. The molecule has 2 aromatic carbocycles. The van der Waals surface area contributed by atoms with Crippen molar-refractivity contribution in [2.45, 2.75) is 44.8 Å². The predicted octanol–water partition coefficient (Wildman–Crippen LogP) is 4.64. The van der Waals surface area contributed by atoms with Crippen molar-refractivity contribution in [1.82, 2.24) is 5.32 Å². The number of hydrogen-bond acceptors (Lipinski definition) is 3. The van der Waals surface area contributed by atoms with E-state index in [2.05, 4.69) is 59.4 Å². The summed E-state index contributed by atoms with van der Waals surface area (Å²) in [5.41, 5.74) is 2.71. The van der Waals surface area contributed by atoms with E-state index in [1.807, 2.05) is 0 Å². The Bertz CT molecular complexity index is 803. The number of fused-ring (bicyclic) bond motifs is 1. The van der Waals surface area contributed by atoms with Crippen molar-refractivity contribution in [3.63, 3.8) is 0 Å². The minimum absolute atomic E-state index is 0.0374. The molecule has 0 radical (unpaired) electrons. The Morgan fingerprint density at radius 1 is 1.14 bits per heavy atom. The fraction of sp³-hybridized carbons (Fsp3) is 0.455. The zero-order valence-electron chi connectivity index (χ0n) is 16.1. The third kappa shape index (κ3) is 5.31. The molecule has 3 rings (SSSR count). The van der Waals surface area contributed by atoms with Crippen molar-refractivity contribution in [2.75, 3.05) is 13.2 Å². The van der Waals surface area contributed by atoms with E-state index in [-0.39, 0.29) is 22.4 Å². The van der Waals surface area contributed by atoms with E-state index in [1.165, 1.54) is 23.3 Å². The van der Waals surface area contributed by atoms with Crippen LogP contribution in [-0.4, -0.2) is 29.9 Å². The summed E-state index contributed by atoms with van der Waals surface area (Å²) in [7, 11) is 0. The number of ether oxygens (including phenoxy) is 1. The molecule has 1 aliphatic carbocycles. The van der Waals surface area contributed by atoms with E-state index in [9.17, 15) is 13.9 Å². The Hall–Kier alpha value is -1.50. The van der Waals surface area contributed by atoms with Gasteiger partial charge in [0.25, 0.3) is 0 Å². The zero-order chi connectivity index (χ0) is 20.3. The SMILES string of the molecule is CC(C)(CC1Cc2ccccc2C1)NCC(O)COc1ccc(Br)c(F)c1F. The van der Waals surface area contributed by atoms with Crippen LogP contribution < -0.4 is 10.1 Å². The second-order valence-corrected chi connectivity index (χ2v) is 9.00. The molecular formula is C22H26BrF2NO2. The summed E-state index contributed by atoms with van der Waals surface area (Å²) in [6.07, 6.45) is 2.33. The maximum Gasteiger partial charge on any atom is 0.201 e. The van der Waals surface area contributed by atoms with Crippen LogP contribution in [0.4, 0.5) is 8.78 Å². The Labute approximate surface area is 173 Å². The molecule has 28 heavy (non-hydrogen) atoms.